The Labute approximate surface area is 108 Å². The predicted molar refractivity (Wildman–Crippen MR) is 69.9 cm³/mol. The number of rotatable bonds is 2. The summed E-state index contributed by atoms with van der Waals surface area (Å²) in [5.41, 5.74) is 1.73. The largest absolute Gasteiger partial charge is 0.392 e. The molecule has 2 aliphatic carbocycles. The van der Waals surface area contributed by atoms with Crippen molar-refractivity contribution in [2.24, 2.45) is 17.3 Å². The molecule has 0 aliphatic heterocycles. The monoisotopic (exact) mass is 250 g/mol. The fraction of sp³-hybridized carbons (Fsp3) is 0.667. The molecule has 0 aromatic heterocycles. The molecule has 0 aromatic rings. The first-order chi connectivity index (χ1) is 8.38. The molecule has 4 atom stereocenters. The van der Waals surface area contributed by atoms with E-state index in [-0.39, 0.29) is 29.6 Å². The van der Waals surface area contributed by atoms with Gasteiger partial charge in [0, 0.05) is 12.3 Å². The van der Waals surface area contributed by atoms with Crippen LogP contribution in [-0.4, -0.2) is 28.7 Å². The molecule has 0 saturated heterocycles. The van der Waals surface area contributed by atoms with E-state index in [9.17, 15) is 15.0 Å². The number of allylic oxidation sites excluding steroid dienone is 1. The fourth-order valence-electron chi connectivity index (χ4n) is 3.38. The molecule has 0 heterocycles. The van der Waals surface area contributed by atoms with Crippen LogP contribution in [0.1, 0.15) is 33.1 Å². The molecule has 2 aliphatic rings. The van der Waals surface area contributed by atoms with Crippen molar-refractivity contribution in [1.29, 1.82) is 0 Å². The maximum atomic E-state index is 11.6. The van der Waals surface area contributed by atoms with Crippen LogP contribution >= 0.6 is 0 Å². The summed E-state index contributed by atoms with van der Waals surface area (Å²) in [6, 6.07) is 0. The number of fused-ring (bicyclic) bond motifs is 1. The van der Waals surface area contributed by atoms with Gasteiger partial charge in [0.1, 0.15) is 0 Å². The third-order valence-electron chi connectivity index (χ3n) is 4.93. The average Bonchev–Trinajstić information content (AvgIpc) is 2.31. The minimum absolute atomic E-state index is 0.0457. The van der Waals surface area contributed by atoms with E-state index < -0.39 is 6.10 Å². The minimum Gasteiger partial charge on any atom is -0.392 e. The van der Waals surface area contributed by atoms with E-state index in [1.807, 2.05) is 0 Å². The van der Waals surface area contributed by atoms with E-state index in [4.69, 9.17) is 0 Å². The highest BCUT2D eigenvalue weighted by Gasteiger charge is 2.46. The first-order valence-corrected chi connectivity index (χ1v) is 6.59. The molecule has 0 bridgehead atoms. The van der Waals surface area contributed by atoms with Crippen LogP contribution in [0.3, 0.4) is 0 Å². The topological polar surface area (TPSA) is 57.5 Å². The highest BCUT2D eigenvalue weighted by molar-refractivity contribution is 5.92. The van der Waals surface area contributed by atoms with Gasteiger partial charge in [-0.15, -0.1) is 0 Å². The Morgan fingerprint density at radius 1 is 1.56 bits per heavy atom. The second kappa shape index (κ2) is 4.63. The lowest BCUT2D eigenvalue weighted by Gasteiger charge is -2.48. The van der Waals surface area contributed by atoms with E-state index in [0.717, 1.165) is 12.0 Å². The van der Waals surface area contributed by atoms with Crippen LogP contribution in [0.2, 0.25) is 0 Å². The van der Waals surface area contributed by atoms with Crippen LogP contribution in [0, 0.1) is 17.3 Å². The van der Waals surface area contributed by atoms with Gasteiger partial charge < -0.3 is 10.2 Å². The van der Waals surface area contributed by atoms with Gasteiger partial charge in [0.05, 0.1) is 12.7 Å². The van der Waals surface area contributed by atoms with Crippen molar-refractivity contribution in [2.75, 3.05) is 6.61 Å². The van der Waals surface area contributed by atoms with Gasteiger partial charge in [0.15, 0.2) is 5.78 Å². The highest BCUT2D eigenvalue weighted by Crippen LogP contribution is 2.52. The zero-order chi connectivity index (χ0) is 13.5. The third-order valence-corrected chi connectivity index (χ3v) is 4.93. The van der Waals surface area contributed by atoms with Crippen molar-refractivity contribution in [1.82, 2.24) is 0 Å². The number of aliphatic hydroxyl groups excluding tert-OH is 2. The quantitative estimate of drug-likeness (QED) is 0.735. The van der Waals surface area contributed by atoms with E-state index in [1.165, 1.54) is 0 Å². The van der Waals surface area contributed by atoms with Crippen molar-refractivity contribution in [3.63, 3.8) is 0 Å². The molecule has 100 valence electrons. The van der Waals surface area contributed by atoms with Crippen LogP contribution < -0.4 is 0 Å². The summed E-state index contributed by atoms with van der Waals surface area (Å²) < 4.78 is 0. The molecule has 18 heavy (non-hydrogen) atoms. The van der Waals surface area contributed by atoms with Crippen LogP contribution in [0.4, 0.5) is 0 Å². The van der Waals surface area contributed by atoms with Crippen molar-refractivity contribution < 1.29 is 15.0 Å². The molecule has 1 fully saturated rings. The van der Waals surface area contributed by atoms with Gasteiger partial charge in [-0.2, -0.15) is 0 Å². The van der Waals surface area contributed by atoms with Crippen molar-refractivity contribution in [2.45, 2.75) is 39.2 Å². The Hall–Kier alpha value is -0.930. The maximum Gasteiger partial charge on any atom is 0.155 e. The fourth-order valence-corrected chi connectivity index (χ4v) is 3.38. The van der Waals surface area contributed by atoms with Gasteiger partial charge in [-0.1, -0.05) is 26.0 Å². The highest BCUT2D eigenvalue weighted by atomic mass is 16.3. The Kier molecular flexibility index (Phi) is 3.47. The van der Waals surface area contributed by atoms with E-state index in [2.05, 4.69) is 20.4 Å². The molecule has 0 radical (unpaired) electrons. The predicted octanol–water partition coefficient (Wildman–Crippen LogP) is 1.85. The Morgan fingerprint density at radius 3 is 2.83 bits per heavy atom. The molecule has 1 saturated carbocycles. The Bertz CT molecular complexity index is 410. The number of hydrogen-bond donors (Lipinski definition) is 2. The van der Waals surface area contributed by atoms with Crippen LogP contribution in [0.5, 0.6) is 0 Å². The molecule has 0 unspecified atom stereocenters. The third kappa shape index (κ3) is 2.06. The number of carbonyl (C=O) groups excluding carboxylic acids is 1. The van der Waals surface area contributed by atoms with Crippen molar-refractivity contribution in [3.05, 3.63) is 23.8 Å². The molecular weight excluding hydrogens is 228 g/mol. The normalized spacial score (nSPS) is 40.1. The zero-order valence-electron chi connectivity index (χ0n) is 11.1. The average molecular weight is 250 g/mol. The number of ketones is 1. The number of aliphatic hydroxyl groups is 2. The molecule has 0 spiro atoms. The summed E-state index contributed by atoms with van der Waals surface area (Å²) in [5.74, 6) is 0.390. The molecule has 3 nitrogen and oxygen atoms in total. The standard InChI is InChI=1S/C15H22O3/c1-9(8-16)13-7-15(3)10(2)4-12(17)5-11(15)6-14(13)18/h5,10,13-14,16,18H,1,4,6-8H2,2-3H3/t10-,13-,14+,15+/m0/s1. The maximum absolute atomic E-state index is 11.6. The second-order valence-electron chi connectivity index (χ2n) is 6.06. The van der Waals surface area contributed by atoms with E-state index in [1.54, 1.807) is 6.08 Å². The van der Waals surface area contributed by atoms with Gasteiger partial charge in [-0.05, 0) is 35.8 Å². The minimum atomic E-state index is -0.526. The number of hydrogen-bond acceptors (Lipinski definition) is 3. The van der Waals surface area contributed by atoms with Gasteiger partial charge >= 0.3 is 0 Å². The lowest BCUT2D eigenvalue weighted by atomic mass is 9.57. The summed E-state index contributed by atoms with van der Waals surface area (Å²) in [5, 5.41) is 19.4. The molecule has 3 heteroatoms. The van der Waals surface area contributed by atoms with E-state index in [0.29, 0.717) is 18.4 Å². The summed E-state index contributed by atoms with van der Waals surface area (Å²) >= 11 is 0. The molecule has 2 rings (SSSR count). The van der Waals surface area contributed by atoms with Crippen LogP contribution in [-0.2, 0) is 4.79 Å². The van der Waals surface area contributed by atoms with Gasteiger partial charge in [0.25, 0.3) is 0 Å². The molecule has 2 N–H and O–H groups in total. The van der Waals surface area contributed by atoms with Gasteiger partial charge in [-0.25, -0.2) is 0 Å². The first-order valence-electron chi connectivity index (χ1n) is 6.59. The van der Waals surface area contributed by atoms with Crippen LogP contribution in [0.15, 0.2) is 23.8 Å². The zero-order valence-corrected chi connectivity index (χ0v) is 11.1. The Balaban J connectivity index is 2.32. The van der Waals surface area contributed by atoms with Gasteiger partial charge in [0.2, 0.25) is 0 Å². The molecular formula is C15H22O3. The smallest absolute Gasteiger partial charge is 0.155 e. The van der Waals surface area contributed by atoms with Crippen molar-refractivity contribution in [3.8, 4) is 0 Å². The lowest BCUT2D eigenvalue weighted by molar-refractivity contribution is -0.117. The summed E-state index contributed by atoms with van der Waals surface area (Å²) in [6.45, 7) is 8.05. The van der Waals surface area contributed by atoms with Crippen molar-refractivity contribution >= 4 is 5.78 Å². The first kappa shape index (κ1) is 13.5. The van der Waals surface area contributed by atoms with Gasteiger partial charge in [-0.3, -0.25) is 4.79 Å². The second-order valence-corrected chi connectivity index (χ2v) is 6.06. The van der Waals surface area contributed by atoms with E-state index >= 15 is 0 Å². The van der Waals surface area contributed by atoms with Crippen LogP contribution in [0.25, 0.3) is 0 Å². The molecule has 0 amide bonds. The Morgan fingerprint density at radius 2 is 2.22 bits per heavy atom. The number of carbonyl (C=O) groups is 1. The molecule has 0 aromatic carbocycles. The summed E-state index contributed by atoms with van der Waals surface area (Å²) in [7, 11) is 0. The summed E-state index contributed by atoms with van der Waals surface area (Å²) in [4.78, 5) is 11.6. The summed E-state index contributed by atoms with van der Waals surface area (Å²) in [6.07, 6.45) is 3.07. The lowest BCUT2D eigenvalue weighted by Crippen LogP contribution is -2.44. The SMILES string of the molecule is C=C(CO)[C@@H]1C[C@@]2(C)C(=CC(=O)C[C@@H]2C)C[C@H]1O.